The van der Waals surface area contributed by atoms with Crippen LogP contribution in [0.2, 0.25) is 0 Å². The molecule has 0 aliphatic carbocycles. The third kappa shape index (κ3) is 4.46. The Morgan fingerprint density at radius 2 is 1.67 bits per heavy atom. The molecule has 27 heavy (non-hydrogen) atoms. The molecule has 152 valence electrons. The topological polar surface area (TPSA) is 158 Å². The first-order valence-corrected chi connectivity index (χ1v) is 8.53. The van der Waals surface area contributed by atoms with Crippen LogP contribution in [-0.2, 0) is 25.6 Å². The highest BCUT2D eigenvalue weighted by molar-refractivity contribution is 5.13. The molecule has 1 aromatic carbocycles. The zero-order valence-corrected chi connectivity index (χ0v) is 14.4. The molecule has 0 amide bonds. The molecule has 2 aliphatic rings. The van der Waals surface area contributed by atoms with Gasteiger partial charge < -0.3 is 44.8 Å². The number of rotatable bonds is 5. The van der Waals surface area contributed by atoms with Gasteiger partial charge in [0.1, 0.15) is 30.5 Å². The molecule has 8 atom stereocenters. The van der Waals surface area contributed by atoms with Crippen molar-refractivity contribution in [2.45, 2.75) is 55.5 Å². The van der Waals surface area contributed by atoms with E-state index in [1.807, 2.05) is 6.07 Å². The van der Waals surface area contributed by atoms with E-state index in [0.717, 1.165) is 5.56 Å². The minimum Gasteiger partial charge on any atom is -0.388 e. The third-order valence-corrected chi connectivity index (χ3v) is 4.55. The summed E-state index contributed by atoms with van der Waals surface area (Å²) in [4.78, 5) is 0. The summed E-state index contributed by atoms with van der Waals surface area (Å²) in [5.41, 5.74) is 0.788. The molecule has 2 aliphatic heterocycles. The molecule has 0 bridgehead atoms. The van der Waals surface area contributed by atoms with Crippen molar-refractivity contribution in [2.24, 2.45) is 0 Å². The fourth-order valence-corrected chi connectivity index (χ4v) is 2.93. The van der Waals surface area contributed by atoms with E-state index in [2.05, 4.69) is 0 Å². The molecule has 0 aromatic heterocycles. The zero-order valence-electron chi connectivity index (χ0n) is 14.4. The van der Waals surface area contributed by atoms with E-state index in [1.165, 1.54) is 0 Å². The van der Waals surface area contributed by atoms with Crippen LogP contribution >= 0.6 is 0 Å². The summed E-state index contributed by atoms with van der Waals surface area (Å²) in [6, 6.07) is 9.02. The fourth-order valence-electron chi connectivity index (χ4n) is 2.93. The van der Waals surface area contributed by atoms with E-state index >= 15 is 0 Å². The molecule has 0 saturated carbocycles. The lowest BCUT2D eigenvalue weighted by molar-refractivity contribution is -0.473. The van der Waals surface area contributed by atoms with E-state index in [0.29, 0.717) is 0 Å². The highest BCUT2D eigenvalue weighted by Gasteiger charge is 2.54. The Labute approximate surface area is 155 Å². The molecule has 6 N–H and O–H groups in total. The Kier molecular flexibility index (Phi) is 6.43. The number of benzene rings is 1. The minimum absolute atomic E-state index is 0.0587. The van der Waals surface area contributed by atoms with Crippen LogP contribution in [0.3, 0.4) is 0 Å². The standard InChI is InChI=1S/C17H24O10/c18-10-7-25-16(13(21)12(10)20)27-17(23)15(22)14(11(19)8-26-17)24-6-9-4-2-1-3-5-9/h1-5,10-16,18-23H,6-8H2/t10-,11-,12+,13-,14+,15-,16+,17+/m1/s1. The number of ether oxygens (including phenoxy) is 4. The summed E-state index contributed by atoms with van der Waals surface area (Å²) in [6.07, 6.45) is -10.5. The van der Waals surface area contributed by atoms with Crippen molar-refractivity contribution in [2.75, 3.05) is 13.2 Å². The summed E-state index contributed by atoms with van der Waals surface area (Å²) in [5, 5.41) is 60.1. The monoisotopic (exact) mass is 388 g/mol. The second-order valence-corrected chi connectivity index (χ2v) is 6.58. The van der Waals surface area contributed by atoms with Crippen LogP contribution in [-0.4, -0.2) is 92.7 Å². The first-order valence-electron chi connectivity index (χ1n) is 8.53. The Morgan fingerprint density at radius 1 is 0.963 bits per heavy atom. The van der Waals surface area contributed by atoms with Crippen LogP contribution in [0, 0.1) is 0 Å². The van der Waals surface area contributed by atoms with Gasteiger partial charge in [-0.3, -0.25) is 4.74 Å². The number of hydrogen-bond donors (Lipinski definition) is 6. The maximum Gasteiger partial charge on any atom is 0.313 e. The van der Waals surface area contributed by atoms with Crippen LogP contribution in [0.25, 0.3) is 0 Å². The molecule has 2 heterocycles. The van der Waals surface area contributed by atoms with Crippen LogP contribution in [0.5, 0.6) is 0 Å². The maximum atomic E-state index is 10.5. The van der Waals surface area contributed by atoms with E-state index in [9.17, 15) is 30.6 Å². The SMILES string of the molecule is O[C@@H]1[C@@H](O)[C@H](O[C@@]2(O)OC[C@@H](O)[C@H](OCc3ccccc3)[C@H]2O)OC[C@H]1O. The van der Waals surface area contributed by atoms with Gasteiger partial charge >= 0.3 is 5.97 Å². The predicted molar refractivity (Wildman–Crippen MR) is 86.8 cm³/mol. The second-order valence-electron chi connectivity index (χ2n) is 6.58. The highest BCUT2D eigenvalue weighted by Crippen LogP contribution is 2.31. The number of hydrogen-bond acceptors (Lipinski definition) is 10. The predicted octanol–water partition coefficient (Wildman–Crippen LogP) is -2.57. The molecule has 10 heteroatoms. The number of aliphatic hydroxyl groups excluding tert-OH is 5. The van der Waals surface area contributed by atoms with Gasteiger partial charge in [-0.25, -0.2) is 0 Å². The molecular weight excluding hydrogens is 364 g/mol. The fraction of sp³-hybridized carbons (Fsp3) is 0.647. The van der Waals surface area contributed by atoms with Gasteiger partial charge in [0.05, 0.1) is 19.8 Å². The van der Waals surface area contributed by atoms with Crippen LogP contribution in [0.4, 0.5) is 0 Å². The van der Waals surface area contributed by atoms with Crippen LogP contribution in [0.1, 0.15) is 5.56 Å². The Bertz CT molecular complexity index is 601. The average molecular weight is 388 g/mol. The first-order chi connectivity index (χ1) is 12.8. The van der Waals surface area contributed by atoms with E-state index < -0.39 is 55.5 Å². The maximum absolute atomic E-state index is 10.5. The van der Waals surface area contributed by atoms with E-state index in [1.54, 1.807) is 24.3 Å². The Morgan fingerprint density at radius 3 is 2.37 bits per heavy atom. The largest absolute Gasteiger partial charge is 0.388 e. The lowest BCUT2D eigenvalue weighted by Crippen LogP contribution is -2.66. The smallest absolute Gasteiger partial charge is 0.313 e. The summed E-state index contributed by atoms with van der Waals surface area (Å²) < 4.78 is 20.7. The molecule has 2 fully saturated rings. The summed E-state index contributed by atoms with van der Waals surface area (Å²) in [7, 11) is 0. The van der Waals surface area contributed by atoms with Crippen molar-refractivity contribution in [3.8, 4) is 0 Å². The minimum atomic E-state index is -2.66. The van der Waals surface area contributed by atoms with Crippen LogP contribution < -0.4 is 0 Å². The lowest BCUT2D eigenvalue weighted by Gasteiger charge is -2.45. The van der Waals surface area contributed by atoms with Gasteiger partial charge in [-0.1, -0.05) is 30.3 Å². The van der Waals surface area contributed by atoms with E-state index in [-0.39, 0.29) is 13.2 Å². The van der Waals surface area contributed by atoms with Gasteiger partial charge in [-0.05, 0) is 5.56 Å². The Balaban J connectivity index is 1.66. The molecule has 0 unspecified atom stereocenters. The summed E-state index contributed by atoms with van der Waals surface area (Å²) in [5.74, 6) is -2.66. The molecule has 0 radical (unpaired) electrons. The van der Waals surface area contributed by atoms with Gasteiger partial charge in [0, 0.05) is 0 Å². The van der Waals surface area contributed by atoms with Crippen molar-refractivity contribution in [3.05, 3.63) is 35.9 Å². The van der Waals surface area contributed by atoms with Gasteiger partial charge in [-0.15, -0.1) is 0 Å². The Hall–Kier alpha value is -1.18. The normalized spacial score (nSPS) is 42.8. The third-order valence-electron chi connectivity index (χ3n) is 4.55. The van der Waals surface area contributed by atoms with Crippen molar-refractivity contribution in [1.29, 1.82) is 0 Å². The summed E-state index contributed by atoms with van der Waals surface area (Å²) in [6.45, 7) is -0.712. The summed E-state index contributed by atoms with van der Waals surface area (Å²) >= 11 is 0. The number of aliphatic hydroxyl groups is 6. The average Bonchev–Trinajstić information content (AvgIpc) is 2.67. The molecule has 2 saturated heterocycles. The van der Waals surface area contributed by atoms with Gasteiger partial charge in [0.25, 0.3) is 0 Å². The molecule has 10 nitrogen and oxygen atoms in total. The van der Waals surface area contributed by atoms with Crippen molar-refractivity contribution in [1.82, 2.24) is 0 Å². The van der Waals surface area contributed by atoms with Crippen molar-refractivity contribution < 1.29 is 49.6 Å². The molecule has 1 aromatic rings. The second kappa shape index (κ2) is 8.45. The zero-order chi connectivity index (χ0) is 19.6. The molecular formula is C17H24O10. The van der Waals surface area contributed by atoms with E-state index in [4.69, 9.17) is 18.9 Å². The lowest BCUT2D eigenvalue weighted by atomic mass is 10.0. The van der Waals surface area contributed by atoms with Crippen molar-refractivity contribution >= 4 is 0 Å². The highest BCUT2D eigenvalue weighted by atomic mass is 16.9. The van der Waals surface area contributed by atoms with Gasteiger partial charge in [-0.2, -0.15) is 0 Å². The van der Waals surface area contributed by atoms with Gasteiger partial charge in [0.2, 0.25) is 0 Å². The molecule has 0 spiro atoms. The van der Waals surface area contributed by atoms with Crippen LogP contribution in [0.15, 0.2) is 30.3 Å². The quantitative estimate of drug-likeness (QED) is 0.296. The van der Waals surface area contributed by atoms with Crippen molar-refractivity contribution in [3.63, 3.8) is 0 Å². The first kappa shape index (κ1) is 20.6. The van der Waals surface area contributed by atoms with Gasteiger partial charge in [0.15, 0.2) is 12.4 Å². The molecule has 3 rings (SSSR count).